The summed E-state index contributed by atoms with van der Waals surface area (Å²) < 4.78 is 16.3. The molecular weight excluding hydrogens is 352 g/mol. The smallest absolute Gasteiger partial charge is 0.506 e. The van der Waals surface area contributed by atoms with Crippen LogP contribution in [0.25, 0.3) is 11.5 Å². The summed E-state index contributed by atoms with van der Waals surface area (Å²) >= 11 is 0. The van der Waals surface area contributed by atoms with Gasteiger partial charge in [-0.05, 0) is 44.1 Å². The fraction of sp³-hybridized carbons (Fsp3) is 0.500. The summed E-state index contributed by atoms with van der Waals surface area (Å²) in [5.41, 5.74) is 2.45. The molecule has 2 aromatic rings. The fourth-order valence-electron chi connectivity index (χ4n) is 2.10. The van der Waals surface area contributed by atoms with Crippen LogP contribution in [0.4, 0.5) is 4.79 Å². The van der Waals surface area contributed by atoms with Crippen molar-refractivity contribution in [2.24, 2.45) is 0 Å². The van der Waals surface area contributed by atoms with Gasteiger partial charge in [-0.3, -0.25) is 0 Å². The monoisotopic (exact) mass is 378 g/mol. The number of pyridine rings is 1. The van der Waals surface area contributed by atoms with E-state index in [-0.39, 0.29) is 11.6 Å². The van der Waals surface area contributed by atoms with Crippen LogP contribution in [0.3, 0.4) is 0 Å². The molecule has 0 spiro atoms. The molecule has 0 saturated carbocycles. The van der Waals surface area contributed by atoms with E-state index in [2.05, 4.69) is 48.7 Å². The highest BCUT2D eigenvalue weighted by atomic mass is 28.4. The number of nitrogens with zero attached hydrogens (tertiary/aromatic N) is 2. The average Bonchev–Trinajstić information content (AvgIpc) is 2.87. The van der Waals surface area contributed by atoms with Crippen LogP contribution in [-0.2, 0) is 11.3 Å². The molecule has 0 aliphatic heterocycles. The number of carbonyl (C=O) groups is 1. The Hall–Kier alpha value is -2.35. The molecule has 0 aliphatic rings. The summed E-state index contributed by atoms with van der Waals surface area (Å²) in [6.07, 6.45) is -1.35. The predicted octanol–water partition coefficient (Wildman–Crippen LogP) is 4.93. The van der Waals surface area contributed by atoms with Crippen LogP contribution in [0.15, 0.2) is 16.7 Å². The van der Waals surface area contributed by atoms with Crippen molar-refractivity contribution in [1.29, 1.82) is 0 Å². The first kappa shape index (κ1) is 20.0. The molecule has 0 atom stereocenters. The van der Waals surface area contributed by atoms with Gasteiger partial charge in [0.15, 0.2) is 5.76 Å². The zero-order valence-corrected chi connectivity index (χ0v) is 17.3. The van der Waals surface area contributed by atoms with Gasteiger partial charge < -0.3 is 18.8 Å². The van der Waals surface area contributed by atoms with Crippen molar-refractivity contribution in [3.05, 3.63) is 29.1 Å². The minimum absolute atomic E-state index is 0.0848. The lowest BCUT2D eigenvalue weighted by atomic mass is 10.1. The molecule has 0 radical (unpaired) electrons. The molecule has 0 aromatic carbocycles. The SMILES string of the molecule is Cc1nc(-c2onc(C)c2COC(=O)O)ccc1O[Si](C)(C)C(C)(C)C. The number of hydrogen-bond donors (Lipinski definition) is 1. The van der Waals surface area contributed by atoms with Crippen LogP contribution in [0.5, 0.6) is 5.75 Å². The maximum Gasteiger partial charge on any atom is 0.506 e. The standard InChI is InChI=1S/C18H26N2O5Si/c1-11-13(10-23-17(21)22)16(24-20-11)14-8-9-15(12(2)19-14)25-26(6,7)18(3,4)5/h8-9H,10H2,1-7H3,(H,21,22). The Morgan fingerprint density at radius 2 is 1.88 bits per heavy atom. The summed E-state index contributed by atoms with van der Waals surface area (Å²) in [5, 5.41) is 12.7. The molecule has 0 saturated heterocycles. The third-order valence-corrected chi connectivity index (χ3v) is 9.11. The minimum atomic E-state index is -1.97. The summed E-state index contributed by atoms with van der Waals surface area (Å²) in [5.74, 6) is 1.16. The number of hydrogen-bond acceptors (Lipinski definition) is 6. The van der Waals surface area contributed by atoms with E-state index >= 15 is 0 Å². The second kappa shape index (κ2) is 7.11. The number of aryl methyl sites for hydroxylation is 2. The Balaban J connectivity index is 2.32. The maximum atomic E-state index is 10.7. The number of ether oxygens (including phenoxy) is 1. The highest BCUT2D eigenvalue weighted by Crippen LogP contribution is 2.38. The first-order valence-corrected chi connectivity index (χ1v) is 11.3. The predicted molar refractivity (Wildman–Crippen MR) is 99.8 cm³/mol. The van der Waals surface area contributed by atoms with Crippen LogP contribution < -0.4 is 4.43 Å². The third-order valence-electron chi connectivity index (χ3n) is 4.77. The van der Waals surface area contributed by atoms with Crippen LogP contribution in [-0.4, -0.2) is 29.7 Å². The Bertz CT molecular complexity index is 808. The van der Waals surface area contributed by atoms with E-state index in [4.69, 9.17) is 14.1 Å². The molecule has 142 valence electrons. The Morgan fingerprint density at radius 1 is 1.23 bits per heavy atom. The molecule has 7 nitrogen and oxygen atoms in total. The van der Waals surface area contributed by atoms with Gasteiger partial charge >= 0.3 is 6.16 Å². The van der Waals surface area contributed by atoms with Crippen LogP contribution in [0.1, 0.15) is 37.7 Å². The molecule has 0 fully saturated rings. The van der Waals surface area contributed by atoms with Crippen molar-refractivity contribution >= 4 is 14.5 Å². The van der Waals surface area contributed by atoms with Crippen LogP contribution in [0.2, 0.25) is 18.1 Å². The van der Waals surface area contributed by atoms with Crippen LogP contribution >= 0.6 is 0 Å². The van der Waals surface area contributed by atoms with Crippen molar-refractivity contribution in [2.75, 3.05) is 0 Å². The molecule has 2 aromatic heterocycles. The summed E-state index contributed by atoms with van der Waals surface area (Å²) in [6, 6.07) is 3.66. The van der Waals surface area contributed by atoms with Crippen molar-refractivity contribution in [1.82, 2.24) is 10.1 Å². The Morgan fingerprint density at radius 3 is 2.42 bits per heavy atom. The second-order valence-corrected chi connectivity index (χ2v) is 12.5. The van der Waals surface area contributed by atoms with Crippen molar-refractivity contribution in [3.63, 3.8) is 0 Å². The van der Waals surface area contributed by atoms with E-state index in [1.54, 1.807) is 13.0 Å². The zero-order chi connectivity index (χ0) is 19.7. The number of rotatable bonds is 5. The van der Waals surface area contributed by atoms with E-state index in [9.17, 15) is 4.79 Å². The average molecular weight is 379 g/mol. The first-order chi connectivity index (χ1) is 11.9. The minimum Gasteiger partial charge on any atom is -0.542 e. The zero-order valence-electron chi connectivity index (χ0n) is 16.3. The largest absolute Gasteiger partial charge is 0.542 e. The van der Waals surface area contributed by atoms with Crippen molar-refractivity contribution in [2.45, 2.75) is 59.4 Å². The van der Waals surface area contributed by atoms with Gasteiger partial charge in [-0.2, -0.15) is 0 Å². The van der Waals surface area contributed by atoms with Gasteiger partial charge in [-0.25, -0.2) is 9.78 Å². The lowest BCUT2D eigenvalue weighted by molar-refractivity contribution is 0.0853. The molecule has 0 unspecified atom stereocenters. The Labute approximate surface area is 154 Å². The normalized spacial score (nSPS) is 12.1. The van der Waals surface area contributed by atoms with Gasteiger partial charge in [0, 0.05) is 0 Å². The molecule has 0 amide bonds. The second-order valence-electron chi connectivity index (χ2n) is 7.77. The molecule has 0 bridgehead atoms. The van der Waals surface area contributed by atoms with Gasteiger partial charge in [0.2, 0.25) is 0 Å². The van der Waals surface area contributed by atoms with E-state index in [1.165, 1.54) is 0 Å². The van der Waals surface area contributed by atoms with Gasteiger partial charge in [0.1, 0.15) is 18.1 Å². The number of carboxylic acid groups (broad SMARTS) is 1. The van der Waals surface area contributed by atoms with Crippen molar-refractivity contribution < 1.29 is 23.6 Å². The first-order valence-electron chi connectivity index (χ1n) is 8.40. The Kier molecular flexibility index (Phi) is 5.46. The number of aromatic nitrogens is 2. The molecular formula is C18H26N2O5Si. The van der Waals surface area contributed by atoms with E-state index in [0.29, 0.717) is 22.7 Å². The highest BCUT2D eigenvalue weighted by molar-refractivity contribution is 6.74. The summed E-state index contributed by atoms with van der Waals surface area (Å²) in [6.45, 7) is 14.4. The lowest BCUT2D eigenvalue weighted by Crippen LogP contribution is -2.44. The summed E-state index contributed by atoms with van der Waals surface area (Å²) in [4.78, 5) is 15.2. The van der Waals surface area contributed by atoms with E-state index in [1.807, 2.05) is 13.0 Å². The topological polar surface area (TPSA) is 94.7 Å². The summed E-state index contributed by atoms with van der Waals surface area (Å²) in [7, 11) is -1.97. The van der Waals surface area contributed by atoms with Gasteiger partial charge in [0.25, 0.3) is 8.32 Å². The molecule has 26 heavy (non-hydrogen) atoms. The van der Waals surface area contributed by atoms with Gasteiger partial charge in [0.05, 0.1) is 17.0 Å². The van der Waals surface area contributed by atoms with Crippen molar-refractivity contribution in [3.8, 4) is 17.2 Å². The highest BCUT2D eigenvalue weighted by Gasteiger charge is 2.39. The quantitative estimate of drug-likeness (QED) is 0.582. The van der Waals surface area contributed by atoms with Gasteiger partial charge in [-0.15, -0.1) is 0 Å². The van der Waals surface area contributed by atoms with Crippen LogP contribution in [0, 0.1) is 13.8 Å². The molecule has 2 heterocycles. The van der Waals surface area contributed by atoms with E-state index in [0.717, 1.165) is 11.4 Å². The fourth-order valence-corrected chi connectivity index (χ4v) is 3.18. The molecule has 8 heteroatoms. The molecule has 2 rings (SSSR count). The maximum absolute atomic E-state index is 10.7. The third kappa shape index (κ3) is 4.24. The molecule has 1 N–H and O–H groups in total. The van der Waals surface area contributed by atoms with Gasteiger partial charge in [-0.1, -0.05) is 25.9 Å². The lowest BCUT2D eigenvalue weighted by Gasteiger charge is -2.36. The van der Waals surface area contributed by atoms with E-state index < -0.39 is 14.5 Å². The molecule has 0 aliphatic carbocycles.